The van der Waals surface area contributed by atoms with Gasteiger partial charge in [0.2, 0.25) is 0 Å². The van der Waals surface area contributed by atoms with Crippen LogP contribution in [0.1, 0.15) is 140 Å². The molecular formula is C58H72N2O. The van der Waals surface area contributed by atoms with Crippen LogP contribution in [0.3, 0.4) is 0 Å². The second-order valence-electron chi connectivity index (χ2n) is 20.7. The van der Waals surface area contributed by atoms with E-state index in [0.717, 1.165) is 50.1 Å². The summed E-state index contributed by atoms with van der Waals surface area (Å²) >= 11 is 0. The second-order valence-corrected chi connectivity index (χ2v) is 20.7. The smallest absolute Gasteiger partial charge is 0.0965 e. The van der Waals surface area contributed by atoms with Crippen molar-refractivity contribution in [3.63, 3.8) is 0 Å². The zero-order valence-electron chi connectivity index (χ0n) is 37.2. The first kappa shape index (κ1) is 41.1. The van der Waals surface area contributed by atoms with Crippen LogP contribution in [0.25, 0.3) is 5.70 Å². The minimum atomic E-state index is -0.240. The lowest BCUT2D eigenvalue weighted by molar-refractivity contribution is -0.136. The van der Waals surface area contributed by atoms with Gasteiger partial charge < -0.3 is 15.8 Å². The van der Waals surface area contributed by atoms with Crippen LogP contribution in [0.4, 0.5) is 0 Å². The van der Waals surface area contributed by atoms with E-state index in [4.69, 9.17) is 10.5 Å². The predicted molar refractivity (Wildman–Crippen MR) is 255 cm³/mol. The lowest BCUT2D eigenvalue weighted by Crippen LogP contribution is -2.59. The third kappa shape index (κ3) is 7.58. The van der Waals surface area contributed by atoms with Gasteiger partial charge in [0.1, 0.15) is 0 Å². The number of ether oxygens (including phenoxy) is 1. The summed E-state index contributed by atoms with van der Waals surface area (Å²) in [6.45, 7) is 4.95. The van der Waals surface area contributed by atoms with Crippen molar-refractivity contribution in [2.45, 2.75) is 147 Å². The minimum absolute atomic E-state index is 0.0802. The predicted octanol–water partition coefficient (Wildman–Crippen LogP) is 14.0. The Morgan fingerprint density at radius 3 is 2.62 bits per heavy atom. The van der Waals surface area contributed by atoms with E-state index in [1.807, 2.05) is 0 Å². The number of nitrogens with one attached hydrogen (secondary N) is 1. The molecule has 1 aliphatic heterocycles. The van der Waals surface area contributed by atoms with Gasteiger partial charge in [0.05, 0.1) is 17.9 Å². The summed E-state index contributed by atoms with van der Waals surface area (Å²) in [4.78, 5) is 0. The Labute approximate surface area is 368 Å². The maximum atomic E-state index is 7.19. The van der Waals surface area contributed by atoms with E-state index in [1.54, 1.807) is 11.1 Å². The third-order valence-electron chi connectivity index (χ3n) is 17.2. The summed E-state index contributed by atoms with van der Waals surface area (Å²) < 4.78 is 7.19. The fourth-order valence-corrected chi connectivity index (χ4v) is 14.3. The molecule has 3 nitrogen and oxygen atoms in total. The number of rotatable bonds is 9. The van der Waals surface area contributed by atoms with Gasteiger partial charge in [-0.2, -0.15) is 0 Å². The molecule has 2 saturated carbocycles. The average molecular weight is 813 g/mol. The Morgan fingerprint density at radius 2 is 1.74 bits per heavy atom. The molecular weight excluding hydrogens is 741 g/mol. The van der Waals surface area contributed by atoms with Gasteiger partial charge in [-0.3, -0.25) is 0 Å². The topological polar surface area (TPSA) is 47.3 Å². The van der Waals surface area contributed by atoms with Crippen LogP contribution in [-0.4, -0.2) is 17.9 Å². The number of hydrogen-bond donors (Lipinski definition) is 2. The molecule has 0 bridgehead atoms. The van der Waals surface area contributed by atoms with Gasteiger partial charge >= 0.3 is 0 Å². The van der Waals surface area contributed by atoms with E-state index in [1.165, 1.54) is 92.9 Å². The summed E-state index contributed by atoms with van der Waals surface area (Å²) in [7, 11) is 0. The van der Waals surface area contributed by atoms with Gasteiger partial charge in [0, 0.05) is 22.6 Å². The molecule has 10 rings (SSSR count). The molecule has 3 fully saturated rings. The summed E-state index contributed by atoms with van der Waals surface area (Å²) in [6, 6.07) is 9.35. The number of benzene rings is 1. The maximum absolute atomic E-state index is 7.19. The van der Waals surface area contributed by atoms with Gasteiger partial charge in [-0.15, -0.1) is 0 Å². The zero-order valence-corrected chi connectivity index (χ0v) is 37.2. The normalized spacial score (nSPS) is 38.6. The summed E-state index contributed by atoms with van der Waals surface area (Å²) in [5, 5.41) is 3.93. The molecule has 0 radical (unpaired) electrons. The van der Waals surface area contributed by atoms with Crippen molar-refractivity contribution < 1.29 is 4.74 Å². The number of allylic oxidation sites excluding steroid dienone is 17. The van der Waals surface area contributed by atoms with Crippen molar-refractivity contribution in [2.24, 2.45) is 46.2 Å². The monoisotopic (exact) mass is 813 g/mol. The summed E-state index contributed by atoms with van der Waals surface area (Å²) in [6.07, 6.45) is 62.1. The molecule has 11 atom stereocenters. The van der Waals surface area contributed by atoms with Crippen molar-refractivity contribution in [3.8, 4) is 0 Å². The average Bonchev–Trinajstić information content (AvgIpc) is 3.31. The minimum Gasteiger partial charge on any atom is -0.366 e. The lowest BCUT2D eigenvalue weighted by atomic mass is 9.47. The largest absolute Gasteiger partial charge is 0.366 e. The Bertz CT molecular complexity index is 2170. The molecule has 8 aliphatic carbocycles. The van der Waals surface area contributed by atoms with Crippen LogP contribution in [0, 0.1) is 40.4 Å². The molecule has 11 unspecified atom stereocenters. The number of nitrogens with two attached hydrogens (primary N) is 1. The first-order valence-corrected chi connectivity index (χ1v) is 24.7. The summed E-state index contributed by atoms with van der Waals surface area (Å²) in [5.74, 6) is 3.35. The van der Waals surface area contributed by atoms with Crippen molar-refractivity contribution >= 4 is 5.70 Å². The first-order valence-electron chi connectivity index (χ1n) is 24.7. The van der Waals surface area contributed by atoms with E-state index in [-0.39, 0.29) is 28.7 Å². The van der Waals surface area contributed by atoms with Gasteiger partial charge in [0.25, 0.3) is 0 Å². The van der Waals surface area contributed by atoms with Crippen molar-refractivity contribution in [3.05, 3.63) is 161 Å². The van der Waals surface area contributed by atoms with Crippen LogP contribution >= 0.6 is 0 Å². The van der Waals surface area contributed by atoms with Crippen LogP contribution in [0.5, 0.6) is 0 Å². The molecule has 1 aromatic carbocycles. The highest BCUT2D eigenvalue weighted by Gasteiger charge is 2.61. The van der Waals surface area contributed by atoms with E-state index in [2.05, 4.69) is 147 Å². The van der Waals surface area contributed by atoms with Gasteiger partial charge in [-0.25, -0.2) is 0 Å². The van der Waals surface area contributed by atoms with E-state index >= 15 is 0 Å². The molecule has 1 saturated heterocycles. The molecule has 0 amide bonds. The quantitative estimate of drug-likeness (QED) is 0.148. The van der Waals surface area contributed by atoms with E-state index in [0.29, 0.717) is 29.6 Å². The van der Waals surface area contributed by atoms with E-state index < -0.39 is 0 Å². The van der Waals surface area contributed by atoms with Crippen LogP contribution in [0.15, 0.2) is 150 Å². The first-order chi connectivity index (χ1) is 29.9. The van der Waals surface area contributed by atoms with Crippen molar-refractivity contribution in [2.75, 3.05) is 0 Å². The fraction of sp³-hybridized carbons (Fsp3) is 0.517. The van der Waals surface area contributed by atoms with Gasteiger partial charge in [-0.1, -0.05) is 135 Å². The van der Waals surface area contributed by atoms with Crippen LogP contribution in [-0.2, 0) is 4.74 Å². The van der Waals surface area contributed by atoms with Crippen molar-refractivity contribution in [1.29, 1.82) is 0 Å². The SMILES string of the molecule is CC12CCCC=C1C(C1=CCCC=C1)(C1CCCC(c3ccccc3/C(=C\C=C\C3=CC4CCC5CCC=CC5C4(C)C=C3)NC(N)C3=CCCCC3)C1)C1C=CC=CC1O2. The number of fused-ring (bicyclic) bond motifs is 5. The standard InChI is InChI=1S/C58H72N2O/c1-56-38-36-41(39-46(56)35-34-42-20-9-12-29-50(42)56)19-17-31-52(60-55(59)43-21-5-3-6-22-43)49-28-11-10-27-48(49)44-23-18-26-47(40-44)58(45-24-7-4-8-25-45)51-30-13-14-32-53(51)61-57(2)37-16-15-33-54(57)58/h7,10-14,17,19,21,24-25,27-33,36,38-39,42,44,46-47,50-51,53,55,60H,3-6,8-9,15-16,18,20,22-23,26,34-35,37,40,59H2,1-2H3/b19-17+,52-31+. The zero-order chi connectivity index (χ0) is 41.4. The van der Waals surface area contributed by atoms with Gasteiger partial charge in [0.15, 0.2) is 0 Å². The summed E-state index contributed by atoms with van der Waals surface area (Å²) in [5.41, 5.74) is 16.8. The van der Waals surface area contributed by atoms with Crippen LogP contribution < -0.4 is 11.1 Å². The molecule has 1 aromatic rings. The molecule has 0 spiro atoms. The Hall–Kier alpha value is -3.92. The molecule has 61 heavy (non-hydrogen) atoms. The van der Waals surface area contributed by atoms with Gasteiger partial charge in [-0.05, 0) is 179 Å². The molecule has 320 valence electrons. The lowest BCUT2D eigenvalue weighted by Gasteiger charge is -2.62. The Morgan fingerprint density at radius 1 is 0.836 bits per heavy atom. The Balaban J connectivity index is 0.997. The second kappa shape index (κ2) is 17.3. The van der Waals surface area contributed by atoms with Crippen LogP contribution in [0.2, 0.25) is 0 Å². The highest BCUT2D eigenvalue weighted by atomic mass is 16.5. The molecule has 3 heteroatoms. The molecule has 0 aromatic heterocycles. The molecule has 9 aliphatic rings. The van der Waals surface area contributed by atoms with Crippen molar-refractivity contribution in [1.82, 2.24) is 5.32 Å². The molecule has 3 N–H and O–H groups in total. The molecule has 1 heterocycles. The Kier molecular flexibility index (Phi) is 11.7. The number of hydrogen-bond acceptors (Lipinski definition) is 3. The van der Waals surface area contributed by atoms with E-state index in [9.17, 15) is 0 Å². The third-order valence-corrected chi connectivity index (χ3v) is 17.2. The highest BCUT2D eigenvalue weighted by molar-refractivity contribution is 5.70. The fourth-order valence-electron chi connectivity index (χ4n) is 14.3. The highest BCUT2D eigenvalue weighted by Crippen LogP contribution is 2.65. The maximum Gasteiger partial charge on any atom is 0.0965 e.